The van der Waals surface area contributed by atoms with Crippen molar-refractivity contribution in [1.82, 2.24) is 10.6 Å². The Labute approximate surface area is 131 Å². The number of ether oxygens (including phenoxy) is 1. The van der Waals surface area contributed by atoms with Crippen molar-refractivity contribution in [3.8, 4) is 0 Å². The predicted octanol–water partition coefficient (Wildman–Crippen LogP) is 2.34. The lowest BCUT2D eigenvalue weighted by molar-refractivity contribution is 0.196. The largest absolute Gasteiger partial charge is 0.383 e. The molecule has 5 nitrogen and oxygen atoms in total. The molecule has 2 heterocycles. The number of aliphatic hydroxyl groups is 1. The van der Waals surface area contributed by atoms with E-state index in [2.05, 4.69) is 10.6 Å². The number of carbonyl (C=O) groups excluding carboxylic acids is 1. The first-order valence-corrected chi connectivity index (χ1v) is 8.21. The fourth-order valence-corrected chi connectivity index (χ4v) is 3.48. The molecule has 0 fully saturated rings. The molecule has 2 rings (SSSR count). The molecular formula is C14H18N2O3S2. The van der Waals surface area contributed by atoms with Crippen LogP contribution in [0.4, 0.5) is 4.79 Å². The van der Waals surface area contributed by atoms with Gasteiger partial charge in [-0.15, -0.1) is 22.7 Å². The van der Waals surface area contributed by atoms with E-state index in [1.54, 1.807) is 7.11 Å². The van der Waals surface area contributed by atoms with Crippen LogP contribution < -0.4 is 10.6 Å². The van der Waals surface area contributed by atoms with Gasteiger partial charge in [0.05, 0.1) is 13.2 Å². The minimum absolute atomic E-state index is 0.221. The quantitative estimate of drug-likeness (QED) is 0.684. The Morgan fingerprint density at radius 1 is 1.33 bits per heavy atom. The number of carbonyl (C=O) groups is 1. The monoisotopic (exact) mass is 326 g/mol. The summed E-state index contributed by atoms with van der Waals surface area (Å²) in [6.45, 7) is 1.42. The minimum atomic E-state index is -0.584. The number of urea groups is 1. The molecule has 0 radical (unpaired) electrons. The highest BCUT2D eigenvalue weighted by molar-refractivity contribution is 7.12. The first-order valence-electron chi connectivity index (χ1n) is 6.51. The van der Waals surface area contributed by atoms with Crippen LogP contribution in [0.2, 0.25) is 0 Å². The van der Waals surface area contributed by atoms with Crippen molar-refractivity contribution in [2.45, 2.75) is 12.6 Å². The van der Waals surface area contributed by atoms with Gasteiger partial charge in [0, 0.05) is 28.3 Å². The summed E-state index contributed by atoms with van der Waals surface area (Å²) >= 11 is 3.03. The van der Waals surface area contributed by atoms with Gasteiger partial charge in [-0.2, -0.15) is 0 Å². The summed E-state index contributed by atoms with van der Waals surface area (Å²) in [5.74, 6) is 0. The molecule has 1 atom stereocenters. The molecule has 114 valence electrons. The maximum Gasteiger partial charge on any atom is 0.315 e. The molecule has 2 aromatic heterocycles. The molecular weight excluding hydrogens is 308 g/mol. The van der Waals surface area contributed by atoms with Gasteiger partial charge >= 0.3 is 6.03 Å². The van der Waals surface area contributed by atoms with Crippen LogP contribution in [-0.2, 0) is 11.3 Å². The molecule has 3 N–H and O–H groups in total. The molecule has 0 bridgehead atoms. The molecule has 0 spiro atoms. The second kappa shape index (κ2) is 8.14. The predicted molar refractivity (Wildman–Crippen MR) is 84.8 cm³/mol. The van der Waals surface area contributed by atoms with Gasteiger partial charge in [-0.1, -0.05) is 6.07 Å². The van der Waals surface area contributed by atoms with Crippen LogP contribution in [0.15, 0.2) is 29.6 Å². The zero-order valence-corrected chi connectivity index (χ0v) is 13.3. The third kappa shape index (κ3) is 4.82. The minimum Gasteiger partial charge on any atom is -0.383 e. The second-order valence-electron chi connectivity index (χ2n) is 4.32. The fourth-order valence-electron chi connectivity index (χ4n) is 1.72. The van der Waals surface area contributed by atoms with Crippen LogP contribution in [0.5, 0.6) is 0 Å². The summed E-state index contributed by atoms with van der Waals surface area (Å²) in [6, 6.07) is 7.43. The fraction of sp³-hybridized carbons (Fsp3) is 0.357. The first-order chi connectivity index (χ1) is 10.2. The highest BCUT2D eigenvalue weighted by atomic mass is 32.1. The lowest BCUT2D eigenvalue weighted by atomic mass is 10.2. The Morgan fingerprint density at radius 2 is 2.19 bits per heavy atom. The van der Waals surface area contributed by atoms with E-state index in [1.807, 2.05) is 29.6 Å². The maximum absolute atomic E-state index is 11.5. The number of rotatable bonds is 7. The molecule has 0 aromatic carbocycles. The smallest absolute Gasteiger partial charge is 0.315 e. The summed E-state index contributed by atoms with van der Waals surface area (Å²) in [5.41, 5.74) is 0. The van der Waals surface area contributed by atoms with E-state index in [1.165, 1.54) is 22.7 Å². The molecule has 7 heteroatoms. The molecule has 0 saturated heterocycles. The normalized spacial score (nSPS) is 12.1. The zero-order chi connectivity index (χ0) is 15.1. The van der Waals surface area contributed by atoms with Crippen molar-refractivity contribution in [3.05, 3.63) is 44.3 Å². The Morgan fingerprint density at radius 3 is 2.90 bits per heavy atom. The van der Waals surface area contributed by atoms with Gasteiger partial charge in [-0.3, -0.25) is 0 Å². The SMILES string of the molecule is COCCNC(=O)NCc1ccc(C(O)c2cccs2)s1. The molecule has 21 heavy (non-hydrogen) atoms. The van der Waals surface area contributed by atoms with Gasteiger partial charge in [0.1, 0.15) is 6.10 Å². The van der Waals surface area contributed by atoms with Gasteiger partial charge in [0.2, 0.25) is 0 Å². The number of hydrogen-bond donors (Lipinski definition) is 3. The van der Waals surface area contributed by atoms with Crippen LogP contribution in [0.1, 0.15) is 20.7 Å². The molecule has 0 saturated carbocycles. The number of aliphatic hydroxyl groups excluding tert-OH is 1. The highest BCUT2D eigenvalue weighted by Crippen LogP contribution is 2.30. The second-order valence-corrected chi connectivity index (χ2v) is 6.50. The number of amides is 2. The van der Waals surface area contributed by atoms with Crippen LogP contribution >= 0.6 is 22.7 Å². The molecule has 0 aliphatic heterocycles. The van der Waals surface area contributed by atoms with Gasteiger partial charge in [0.15, 0.2) is 0 Å². The zero-order valence-electron chi connectivity index (χ0n) is 11.7. The Kier molecular flexibility index (Phi) is 6.19. The Hall–Kier alpha value is -1.41. The summed E-state index contributed by atoms with van der Waals surface area (Å²) in [7, 11) is 1.59. The van der Waals surface area contributed by atoms with E-state index in [-0.39, 0.29) is 6.03 Å². The van der Waals surface area contributed by atoms with E-state index in [9.17, 15) is 9.90 Å². The van der Waals surface area contributed by atoms with Gasteiger partial charge in [-0.05, 0) is 23.6 Å². The number of hydrogen-bond acceptors (Lipinski definition) is 5. The summed E-state index contributed by atoms with van der Waals surface area (Å²) in [4.78, 5) is 14.3. The van der Waals surface area contributed by atoms with Crippen molar-refractivity contribution < 1.29 is 14.6 Å². The standard InChI is InChI=1S/C14H18N2O3S2/c1-19-7-6-15-14(18)16-9-10-4-5-12(21-10)13(17)11-3-2-8-20-11/h2-5,8,13,17H,6-7,9H2,1H3,(H2,15,16,18). The average molecular weight is 326 g/mol. The van der Waals surface area contributed by atoms with Crippen molar-refractivity contribution in [1.29, 1.82) is 0 Å². The highest BCUT2D eigenvalue weighted by Gasteiger charge is 2.14. The van der Waals surface area contributed by atoms with Crippen LogP contribution in [0.3, 0.4) is 0 Å². The topological polar surface area (TPSA) is 70.6 Å². The average Bonchev–Trinajstić information content (AvgIpc) is 3.16. The van der Waals surface area contributed by atoms with Crippen molar-refractivity contribution in [2.75, 3.05) is 20.3 Å². The third-order valence-electron chi connectivity index (χ3n) is 2.78. The number of methoxy groups -OCH3 is 1. The molecule has 0 aliphatic rings. The van der Waals surface area contributed by atoms with Crippen LogP contribution in [0.25, 0.3) is 0 Å². The van der Waals surface area contributed by atoms with E-state index < -0.39 is 6.10 Å². The Bertz CT molecular complexity index is 554. The molecule has 2 aromatic rings. The summed E-state index contributed by atoms with van der Waals surface area (Å²) in [5, 5.41) is 17.6. The molecule has 0 aliphatic carbocycles. The summed E-state index contributed by atoms with van der Waals surface area (Å²) in [6.07, 6.45) is -0.584. The third-order valence-corrected chi connectivity index (χ3v) is 4.84. The molecule has 2 amide bonds. The van der Waals surface area contributed by atoms with Crippen molar-refractivity contribution in [2.24, 2.45) is 0 Å². The lowest BCUT2D eigenvalue weighted by Crippen LogP contribution is -2.36. The molecule has 1 unspecified atom stereocenters. The van der Waals surface area contributed by atoms with Crippen molar-refractivity contribution in [3.63, 3.8) is 0 Å². The van der Waals surface area contributed by atoms with E-state index in [0.29, 0.717) is 19.7 Å². The van der Waals surface area contributed by atoms with Crippen LogP contribution in [0, 0.1) is 0 Å². The van der Waals surface area contributed by atoms with E-state index in [4.69, 9.17) is 4.74 Å². The van der Waals surface area contributed by atoms with Crippen molar-refractivity contribution >= 4 is 28.7 Å². The van der Waals surface area contributed by atoms with Gasteiger partial charge in [0.25, 0.3) is 0 Å². The number of thiophene rings is 2. The first kappa shape index (κ1) is 16.0. The van der Waals surface area contributed by atoms with E-state index >= 15 is 0 Å². The van der Waals surface area contributed by atoms with E-state index in [0.717, 1.165) is 14.6 Å². The maximum atomic E-state index is 11.5. The van der Waals surface area contributed by atoms with Gasteiger partial charge < -0.3 is 20.5 Å². The number of nitrogens with one attached hydrogen (secondary N) is 2. The van der Waals surface area contributed by atoms with Gasteiger partial charge in [-0.25, -0.2) is 4.79 Å². The Balaban J connectivity index is 1.82. The van der Waals surface area contributed by atoms with Crippen LogP contribution in [-0.4, -0.2) is 31.4 Å². The lowest BCUT2D eigenvalue weighted by Gasteiger charge is -2.06. The summed E-state index contributed by atoms with van der Waals surface area (Å²) < 4.78 is 4.85.